The number of thiophene rings is 1. The summed E-state index contributed by atoms with van der Waals surface area (Å²) in [5.74, 6) is 0. The van der Waals surface area contributed by atoms with Gasteiger partial charge in [-0.2, -0.15) is 28.4 Å². The van der Waals surface area contributed by atoms with Crippen molar-refractivity contribution in [2.24, 2.45) is 0 Å². The highest BCUT2D eigenvalue weighted by atomic mass is 32.2. The number of piperazine rings is 1. The fourth-order valence-corrected chi connectivity index (χ4v) is 4.85. The van der Waals surface area contributed by atoms with Crippen LogP contribution in [0.15, 0.2) is 16.8 Å². The van der Waals surface area contributed by atoms with Crippen molar-refractivity contribution < 1.29 is 8.42 Å². The molecule has 1 aromatic rings. The van der Waals surface area contributed by atoms with Gasteiger partial charge >= 0.3 is 0 Å². The van der Waals surface area contributed by atoms with Crippen molar-refractivity contribution >= 4 is 21.5 Å². The minimum atomic E-state index is -3.31. The molecule has 0 unspecified atom stereocenters. The average Bonchev–Trinajstić information content (AvgIpc) is 3.13. The van der Waals surface area contributed by atoms with Gasteiger partial charge in [-0.3, -0.25) is 0 Å². The third-order valence-corrected chi connectivity index (χ3v) is 6.34. The first-order valence-electron chi connectivity index (χ1n) is 6.66. The molecule has 7 heteroatoms. The van der Waals surface area contributed by atoms with E-state index in [0.29, 0.717) is 19.6 Å². The Morgan fingerprint density at radius 2 is 2.11 bits per heavy atom. The monoisotopic (exact) mass is 301 g/mol. The zero-order chi connectivity index (χ0) is 13.3. The maximum atomic E-state index is 12.7. The second kappa shape index (κ2) is 5.49. The lowest BCUT2D eigenvalue weighted by molar-refractivity contribution is 0.304. The minimum Gasteiger partial charge on any atom is -0.314 e. The van der Waals surface area contributed by atoms with Gasteiger partial charge < -0.3 is 5.32 Å². The van der Waals surface area contributed by atoms with Crippen LogP contribution in [0.2, 0.25) is 0 Å². The fraction of sp³-hybridized carbons (Fsp3) is 0.667. The molecule has 1 aliphatic heterocycles. The highest BCUT2D eigenvalue weighted by Gasteiger charge is 2.40. The second-order valence-corrected chi connectivity index (χ2v) is 7.73. The molecule has 3 rings (SSSR count). The number of hydrogen-bond acceptors (Lipinski definition) is 4. The van der Waals surface area contributed by atoms with Crippen molar-refractivity contribution in [3.05, 3.63) is 22.4 Å². The quantitative estimate of drug-likeness (QED) is 0.878. The van der Waals surface area contributed by atoms with Gasteiger partial charge in [-0.05, 0) is 35.2 Å². The van der Waals surface area contributed by atoms with Gasteiger partial charge in [0.1, 0.15) is 0 Å². The Morgan fingerprint density at radius 3 is 2.68 bits per heavy atom. The predicted octanol–water partition coefficient (Wildman–Crippen LogP) is 0.862. The molecule has 19 heavy (non-hydrogen) atoms. The van der Waals surface area contributed by atoms with Crippen LogP contribution in [0.25, 0.3) is 0 Å². The summed E-state index contributed by atoms with van der Waals surface area (Å²) in [6.45, 7) is 3.16. The first kappa shape index (κ1) is 13.5. The van der Waals surface area contributed by atoms with E-state index in [1.54, 1.807) is 19.9 Å². The van der Waals surface area contributed by atoms with Gasteiger partial charge in [-0.1, -0.05) is 0 Å². The zero-order valence-electron chi connectivity index (χ0n) is 10.8. The van der Waals surface area contributed by atoms with E-state index in [1.807, 2.05) is 16.8 Å². The summed E-state index contributed by atoms with van der Waals surface area (Å²) >= 11 is 1.61. The molecular formula is C12H19N3O2S2. The molecule has 5 nitrogen and oxygen atoms in total. The van der Waals surface area contributed by atoms with Crippen LogP contribution < -0.4 is 5.32 Å². The molecule has 0 atom stereocenters. The molecular weight excluding hydrogens is 282 g/mol. The molecule has 1 N–H and O–H groups in total. The fourth-order valence-electron chi connectivity index (χ4n) is 2.35. The SMILES string of the molecule is O=S(=O)(N1CCNCC1)N(Cc1ccsc1)C1CC1. The molecule has 0 bridgehead atoms. The summed E-state index contributed by atoms with van der Waals surface area (Å²) in [6, 6.07) is 2.22. The summed E-state index contributed by atoms with van der Waals surface area (Å²) in [6.07, 6.45) is 1.99. The van der Waals surface area contributed by atoms with E-state index < -0.39 is 10.2 Å². The Balaban J connectivity index is 1.78. The number of nitrogens with zero attached hydrogens (tertiary/aromatic N) is 2. The van der Waals surface area contributed by atoms with Gasteiger partial charge in [0.2, 0.25) is 0 Å². The molecule has 106 valence electrons. The standard InChI is InChI=1S/C12H19N3O2S2/c16-19(17,14-6-4-13-5-7-14)15(12-1-2-12)9-11-3-8-18-10-11/h3,8,10,12-13H,1-2,4-7,9H2. The molecule has 2 aliphatic rings. The van der Waals surface area contributed by atoms with Crippen LogP contribution in [0, 0.1) is 0 Å². The molecule has 2 fully saturated rings. The molecule has 1 aromatic heterocycles. The van der Waals surface area contributed by atoms with Crippen molar-refractivity contribution in [3.63, 3.8) is 0 Å². The molecule has 0 aromatic carbocycles. The van der Waals surface area contributed by atoms with E-state index in [0.717, 1.165) is 31.5 Å². The van der Waals surface area contributed by atoms with E-state index in [-0.39, 0.29) is 6.04 Å². The van der Waals surface area contributed by atoms with Crippen LogP contribution in [0.1, 0.15) is 18.4 Å². The van der Waals surface area contributed by atoms with Crippen LogP contribution in [-0.4, -0.2) is 49.2 Å². The smallest absolute Gasteiger partial charge is 0.282 e. The van der Waals surface area contributed by atoms with Gasteiger partial charge in [0.25, 0.3) is 10.2 Å². The van der Waals surface area contributed by atoms with Gasteiger partial charge in [0.05, 0.1) is 0 Å². The Kier molecular flexibility index (Phi) is 3.91. The lowest BCUT2D eigenvalue weighted by Crippen LogP contribution is -2.52. The van der Waals surface area contributed by atoms with Gasteiger partial charge in [-0.15, -0.1) is 0 Å². The van der Waals surface area contributed by atoms with Crippen molar-refractivity contribution in [1.29, 1.82) is 0 Å². The van der Waals surface area contributed by atoms with E-state index >= 15 is 0 Å². The van der Waals surface area contributed by atoms with Crippen molar-refractivity contribution in [1.82, 2.24) is 13.9 Å². The minimum absolute atomic E-state index is 0.208. The Hall–Kier alpha value is -0.470. The third kappa shape index (κ3) is 3.00. The second-order valence-electron chi connectivity index (χ2n) is 5.06. The summed E-state index contributed by atoms with van der Waals surface area (Å²) in [4.78, 5) is 0. The summed E-state index contributed by atoms with van der Waals surface area (Å²) in [5, 5.41) is 7.22. The largest absolute Gasteiger partial charge is 0.314 e. The first-order chi connectivity index (χ1) is 9.18. The van der Waals surface area contributed by atoms with Crippen LogP contribution in [0.3, 0.4) is 0 Å². The molecule has 0 spiro atoms. The van der Waals surface area contributed by atoms with Gasteiger partial charge in [0, 0.05) is 38.8 Å². The van der Waals surface area contributed by atoms with Crippen LogP contribution in [0.5, 0.6) is 0 Å². The first-order valence-corrected chi connectivity index (χ1v) is 9.00. The van der Waals surface area contributed by atoms with E-state index in [2.05, 4.69) is 5.32 Å². The van der Waals surface area contributed by atoms with E-state index in [9.17, 15) is 8.42 Å². The van der Waals surface area contributed by atoms with E-state index in [4.69, 9.17) is 0 Å². The van der Waals surface area contributed by atoms with E-state index in [1.165, 1.54) is 0 Å². The number of hydrogen-bond donors (Lipinski definition) is 1. The molecule has 0 radical (unpaired) electrons. The third-order valence-electron chi connectivity index (χ3n) is 3.57. The van der Waals surface area contributed by atoms with Crippen LogP contribution in [0.4, 0.5) is 0 Å². The molecule has 2 heterocycles. The molecule has 1 saturated heterocycles. The highest BCUT2D eigenvalue weighted by molar-refractivity contribution is 7.86. The summed E-state index contributed by atoms with van der Waals surface area (Å²) in [5.41, 5.74) is 1.09. The topological polar surface area (TPSA) is 52.7 Å². The molecule has 0 amide bonds. The number of rotatable bonds is 5. The Labute approximate surface area is 118 Å². The normalized spacial score (nSPS) is 21.9. The van der Waals surface area contributed by atoms with Crippen molar-refractivity contribution in [3.8, 4) is 0 Å². The molecule has 1 aliphatic carbocycles. The maximum Gasteiger partial charge on any atom is 0.282 e. The molecule has 1 saturated carbocycles. The Morgan fingerprint density at radius 1 is 1.37 bits per heavy atom. The predicted molar refractivity (Wildman–Crippen MR) is 76.2 cm³/mol. The summed E-state index contributed by atoms with van der Waals surface area (Å²) < 4.78 is 28.8. The van der Waals surface area contributed by atoms with Gasteiger partial charge in [-0.25, -0.2) is 0 Å². The number of nitrogens with one attached hydrogen (secondary N) is 1. The highest BCUT2D eigenvalue weighted by Crippen LogP contribution is 2.32. The van der Waals surface area contributed by atoms with Crippen molar-refractivity contribution in [2.45, 2.75) is 25.4 Å². The average molecular weight is 301 g/mol. The maximum absolute atomic E-state index is 12.7. The van der Waals surface area contributed by atoms with Gasteiger partial charge in [0.15, 0.2) is 0 Å². The zero-order valence-corrected chi connectivity index (χ0v) is 12.4. The van der Waals surface area contributed by atoms with Crippen molar-refractivity contribution in [2.75, 3.05) is 26.2 Å². The summed E-state index contributed by atoms with van der Waals surface area (Å²) in [7, 11) is -3.31. The van der Waals surface area contributed by atoms with Crippen LogP contribution in [-0.2, 0) is 16.8 Å². The Bertz CT molecular complexity index is 505. The van der Waals surface area contributed by atoms with Crippen LogP contribution >= 0.6 is 11.3 Å². The lowest BCUT2D eigenvalue weighted by Gasteiger charge is -2.32. The lowest BCUT2D eigenvalue weighted by atomic mass is 10.3.